The fourth-order valence-electron chi connectivity index (χ4n) is 2.79. The van der Waals surface area contributed by atoms with E-state index in [0.717, 1.165) is 17.3 Å². The molecule has 0 spiro atoms. The van der Waals surface area contributed by atoms with Crippen molar-refractivity contribution in [3.8, 4) is 0 Å². The monoisotopic (exact) mass is 400 g/mol. The Morgan fingerprint density at radius 2 is 1.55 bits per heavy atom. The van der Waals surface area contributed by atoms with Crippen molar-refractivity contribution in [1.29, 1.82) is 0 Å². The van der Waals surface area contributed by atoms with Crippen LogP contribution in [0.2, 0.25) is 0 Å². The van der Waals surface area contributed by atoms with Crippen LogP contribution in [-0.2, 0) is 11.6 Å². The van der Waals surface area contributed by atoms with Gasteiger partial charge in [0.15, 0.2) is 0 Å². The third-order valence-electron chi connectivity index (χ3n) is 4.38. The van der Waals surface area contributed by atoms with Crippen LogP contribution in [0.4, 0.5) is 36.3 Å². The number of halogens is 3. The van der Waals surface area contributed by atoms with Gasteiger partial charge in [-0.1, -0.05) is 45.0 Å². The Bertz CT molecular complexity index is 990. The second kappa shape index (κ2) is 7.73. The van der Waals surface area contributed by atoms with Crippen molar-refractivity contribution in [2.24, 2.45) is 0 Å². The van der Waals surface area contributed by atoms with Crippen LogP contribution < -0.4 is 10.6 Å². The van der Waals surface area contributed by atoms with E-state index >= 15 is 0 Å². The summed E-state index contributed by atoms with van der Waals surface area (Å²) in [7, 11) is 0. The van der Waals surface area contributed by atoms with Gasteiger partial charge < -0.3 is 10.6 Å². The number of rotatable bonds is 4. The second-order valence-electron chi connectivity index (χ2n) is 7.90. The van der Waals surface area contributed by atoms with E-state index in [0.29, 0.717) is 11.4 Å². The molecule has 0 atom stereocenters. The van der Waals surface area contributed by atoms with Crippen LogP contribution in [0.5, 0.6) is 0 Å². The molecule has 2 N–H and O–H groups in total. The molecule has 3 aromatic rings. The van der Waals surface area contributed by atoms with Crippen LogP contribution in [0.25, 0.3) is 0 Å². The molecule has 4 nitrogen and oxygen atoms in total. The minimum Gasteiger partial charge on any atom is -0.340 e. The second-order valence-corrected chi connectivity index (χ2v) is 7.90. The lowest BCUT2D eigenvalue weighted by Crippen LogP contribution is -2.13. The Hall–Kier alpha value is -3.09. The molecule has 0 radical (unpaired) electrons. The zero-order valence-electron chi connectivity index (χ0n) is 16.7. The highest BCUT2D eigenvalue weighted by atomic mass is 19.4. The first-order valence-electron chi connectivity index (χ1n) is 9.18. The lowest BCUT2D eigenvalue weighted by Gasteiger charge is -2.19. The number of alkyl halides is 3. The molecule has 0 unspecified atom stereocenters. The van der Waals surface area contributed by atoms with E-state index in [-0.39, 0.29) is 17.2 Å². The number of hydrogen-bond donors (Lipinski definition) is 2. The fourth-order valence-corrected chi connectivity index (χ4v) is 2.79. The highest BCUT2D eigenvalue weighted by molar-refractivity contribution is 5.63. The molecular formula is C22H23F3N4. The van der Waals surface area contributed by atoms with Crippen LogP contribution in [0.3, 0.4) is 0 Å². The number of nitrogens with one attached hydrogen (secondary N) is 2. The molecule has 0 fully saturated rings. The average molecular weight is 400 g/mol. The van der Waals surface area contributed by atoms with Crippen molar-refractivity contribution in [1.82, 2.24) is 9.97 Å². The molecule has 0 saturated heterocycles. The SMILES string of the molecule is Cc1cccc(Nc2nc(Nc3ccc(C(C)(C)C)cc3)ncc2C(F)(F)F)c1. The molecule has 7 heteroatoms. The van der Waals surface area contributed by atoms with Gasteiger partial charge in [0.05, 0.1) is 0 Å². The smallest absolute Gasteiger partial charge is 0.340 e. The summed E-state index contributed by atoms with van der Waals surface area (Å²) in [4.78, 5) is 7.93. The topological polar surface area (TPSA) is 49.8 Å². The van der Waals surface area contributed by atoms with Crippen LogP contribution in [0.15, 0.2) is 54.7 Å². The van der Waals surface area contributed by atoms with Gasteiger partial charge in [-0.2, -0.15) is 18.2 Å². The van der Waals surface area contributed by atoms with E-state index in [9.17, 15) is 13.2 Å². The molecule has 0 saturated carbocycles. The third kappa shape index (κ3) is 5.25. The normalized spacial score (nSPS) is 12.0. The summed E-state index contributed by atoms with van der Waals surface area (Å²) in [6.45, 7) is 8.19. The summed E-state index contributed by atoms with van der Waals surface area (Å²) in [6.07, 6.45) is -3.78. The van der Waals surface area contributed by atoms with E-state index in [1.165, 1.54) is 0 Å². The standard InChI is InChI=1S/C22H23F3N4/c1-14-6-5-7-17(12-14)27-19-18(22(23,24)25)13-26-20(29-19)28-16-10-8-15(9-11-16)21(2,3)4/h5-13H,1-4H3,(H2,26,27,28,29). The summed E-state index contributed by atoms with van der Waals surface area (Å²) < 4.78 is 40.2. The maximum atomic E-state index is 13.4. The fraction of sp³-hybridized carbons (Fsp3) is 0.273. The Balaban J connectivity index is 1.90. The zero-order chi connectivity index (χ0) is 21.2. The molecule has 0 aliphatic carbocycles. The number of anilines is 4. The summed E-state index contributed by atoms with van der Waals surface area (Å²) in [5.74, 6) is -0.219. The van der Waals surface area contributed by atoms with Crippen molar-refractivity contribution in [3.63, 3.8) is 0 Å². The van der Waals surface area contributed by atoms with E-state index in [1.54, 1.807) is 18.2 Å². The van der Waals surface area contributed by atoms with Gasteiger partial charge in [-0.15, -0.1) is 0 Å². The Morgan fingerprint density at radius 1 is 0.862 bits per heavy atom. The Kier molecular flexibility index (Phi) is 5.50. The minimum absolute atomic E-state index is 0.00823. The molecule has 0 bridgehead atoms. The zero-order valence-corrected chi connectivity index (χ0v) is 16.7. The van der Waals surface area contributed by atoms with Crippen molar-refractivity contribution in [3.05, 3.63) is 71.4 Å². The Morgan fingerprint density at radius 3 is 2.14 bits per heavy atom. The first kappa shape index (κ1) is 20.6. The molecule has 152 valence electrons. The van der Waals surface area contributed by atoms with Gasteiger partial charge in [0.25, 0.3) is 0 Å². The first-order valence-corrected chi connectivity index (χ1v) is 9.18. The van der Waals surface area contributed by atoms with Crippen LogP contribution in [0.1, 0.15) is 37.5 Å². The summed E-state index contributed by atoms with van der Waals surface area (Å²) in [6, 6.07) is 14.7. The maximum Gasteiger partial charge on any atom is 0.421 e. The lowest BCUT2D eigenvalue weighted by molar-refractivity contribution is -0.137. The summed E-state index contributed by atoms with van der Waals surface area (Å²) in [5, 5.41) is 5.73. The van der Waals surface area contributed by atoms with Gasteiger partial charge in [0.2, 0.25) is 5.95 Å². The van der Waals surface area contributed by atoms with E-state index in [4.69, 9.17) is 0 Å². The predicted octanol–water partition coefficient (Wildman–Crippen LogP) is 6.59. The highest BCUT2D eigenvalue weighted by Gasteiger charge is 2.35. The van der Waals surface area contributed by atoms with Gasteiger partial charge in [-0.05, 0) is 47.7 Å². The largest absolute Gasteiger partial charge is 0.421 e. The molecule has 0 amide bonds. The number of aryl methyl sites for hydroxylation is 1. The van der Waals surface area contributed by atoms with Crippen molar-refractivity contribution in [2.45, 2.75) is 39.3 Å². The van der Waals surface area contributed by atoms with Gasteiger partial charge in [0, 0.05) is 17.6 Å². The molecule has 1 heterocycles. The summed E-state index contributed by atoms with van der Waals surface area (Å²) >= 11 is 0. The van der Waals surface area contributed by atoms with Gasteiger partial charge in [-0.25, -0.2) is 4.98 Å². The van der Waals surface area contributed by atoms with E-state index in [2.05, 4.69) is 41.4 Å². The first-order chi connectivity index (χ1) is 13.5. The van der Waals surface area contributed by atoms with Crippen molar-refractivity contribution < 1.29 is 13.2 Å². The molecule has 2 aromatic carbocycles. The van der Waals surface area contributed by atoms with E-state index < -0.39 is 11.7 Å². The molecular weight excluding hydrogens is 377 g/mol. The molecule has 29 heavy (non-hydrogen) atoms. The number of nitrogens with zero attached hydrogens (tertiary/aromatic N) is 2. The number of hydrogen-bond acceptors (Lipinski definition) is 4. The maximum absolute atomic E-state index is 13.4. The molecule has 0 aliphatic heterocycles. The molecule has 3 rings (SSSR count). The van der Waals surface area contributed by atoms with Gasteiger partial charge >= 0.3 is 6.18 Å². The van der Waals surface area contributed by atoms with Crippen LogP contribution >= 0.6 is 0 Å². The van der Waals surface area contributed by atoms with Crippen molar-refractivity contribution >= 4 is 23.1 Å². The van der Waals surface area contributed by atoms with Gasteiger partial charge in [0.1, 0.15) is 11.4 Å². The van der Waals surface area contributed by atoms with E-state index in [1.807, 2.05) is 37.3 Å². The number of benzene rings is 2. The molecule has 0 aliphatic rings. The quantitative estimate of drug-likeness (QED) is 0.519. The van der Waals surface area contributed by atoms with Gasteiger partial charge in [-0.3, -0.25) is 0 Å². The third-order valence-corrected chi connectivity index (χ3v) is 4.38. The lowest BCUT2D eigenvalue weighted by atomic mass is 9.87. The predicted molar refractivity (Wildman–Crippen MR) is 110 cm³/mol. The highest BCUT2D eigenvalue weighted by Crippen LogP contribution is 2.35. The minimum atomic E-state index is -4.57. The molecule has 1 aromatic heterocycles. The van der Waals surface area contributed by atoms with Crippen LogP contribution in [-0.4, -0.2) is 9.97 Å². The number of aromatic nitrogens is 2. The van der Waals surface area contributed by atoms with Crippen LogP contribution in [0, 0.1) is 6.92 Å². The summed E-state index contributed by atoms with van der Waals surface area (Å²) in [5.41, 5.74) is 2.38. The van der Waals surface area contributed by atoms with Crippen molar-refractivity contribution in [2.75, 3.05) is 10.6 Å². The average Bonchev–Trinajstić information content (AvgIpc) is 2.60. The Labute approximate surface area is 168 Å².